The molecular weight excluding hydrogens is 330 g/mol. The van der Waals surface area contributed by atoms with Gasteiger partial charge in [-0.3, -0.25) is 10.1 Å². The Morgan fingerprint density at radius 3 is 2.29 bits per heavy atom. The van der Waals surface area contributed by atoms with Gasteiger partial charge in [-0.2, -0.15) is 13.2 Å². The first-order valence-corrected chi connectivity index (χ1v) is 6.27. The van der Waals surface area contributed by atoms with Crippen LogP contribution in [0.15, 0.2) is 36.4 Å². The van der Waals surface area contributed by atoms with Crippen LogP contribution in [0.3, 0.4) is 0 Å². The zero-order valence-corrected chi connectivity index (χ0v) is 11.6. The van der Waals surface area contributed by atoms with Crippen molar-refractivity contribution in [3.63, 3.8) is 0 Å². The van der Waals surface area contributed by atoms with Gasteiger partial charge in [0, 0.05) is 23.3 Å². The molecule has 0 heterocycles. The standard InChI is InChI=1S/C13H6Cl2F3NO2/c14-11-3-1-2-8(12(11)15)9-6-7(19(20)21)4-5-10(9)13(16,17)18/h1-6H. The molecule has 0 saturated heterocycles. The average Bonchev–Trinajstić information content (AvgIpc) is 2.40. The molecule has 2 aromatic carbocycles. The molecule has 21 heavy (non-hydrogen) atoms. The monoisotopic (exact) mass is 335 g/mol. The maximum atomic E-state index is 13.1. The molecule has 3 nitrogen and oxygen atoms in total. The van der Waals surface area contributed by atoms with E-state index in [1.54, 1.807) is 0 Å². The van der Waals surface area contributed by atoms with Gasteiger partial charge in [0.15, 0.2) is 0 Å². The lowest BCUT2D eigenvalue weighted by atomic mass is 9.98. The van der Waals surface area contributed by atoms with Gasteiger partial charge in [-0.05, 0) is 12.1 Å². The predicted molar refractivity (Wildman–Crippen MR) is 73.6 cm³/mol. The van der Waals surface area contributed by atoms with Crippen LogP contribution >= 0.6 is 23.2 Å². The van der Waals surface area contributed by atoms with Crippen molar-refractivity contribution >= 4 is 28.9 Å². The van der Waals surface area contributed by atoms with E-state index in [4.69, 9.17) is 23.2 Å². The second kappa shape index (κ2) is 5.54. The Kier molecular flexibility index (Phi) is 4.11. The van der Waals surface area contributed by atoms with Crippen LogP contribution in [0.1, 0.15) is 5.56 Å². The molecule has 0 N–H and O–H groups in total. The first kappa shape index (κ1) is 15.6. The first-order chi connectivity index (χ1) is 9.71. The molecule has 0 unspecified atom stereocenters. The van der Waals surface area contributed by atoms with Crippen molar-refractivity contribution in [3.8, 4) is 11.1 Å². The van der Waals surface area contributed by atoms with Gasteiger partial charge in [-0.1, -0.05) is 35.3 Å². The zero-order chi connectivity index (χ0) is 15.8. The summed E-state index contributed by atoms with van der Waals surface area (Å²) in [6.45, 7) is 0. The summed E-state index contributed by atoms with van der Waals surface area (Å²) < 4.78 is 39.2. The number of benzene rings is 2. The van der Waals surface area contributed by atoms with Crippen molar-refractivity contribution in [1.29, 1.82) is 0 Å². The van der Waals surface area contributed by atoms with Gasteiger partial charge in [0.2, 0.25) is 0 Å². The van der Waals surface area contributed by atoms with Gasteiger partial charge >= 0.3 is 6.18 Å². The van der Waals surface area contributed by atoms with E-state index in [1.807, 2.05) is 0 Å². The number of nitro groups is 1. The molecule has 0 amide bonds. The summed E-state index contributed by atoms with van der Waals surface area (Å²) in [7, 11) is 0. The summed E-state index contributed by atoms with van der Waals surface area (Å²) in [6.07, 6.45) is -4.67. The number of nitro benzene ring substituents is 1. The number of non-ortho nitro benzene ring substituents is 1. The maximum absolute atomic E-state index is 13.1. The van der Waals surface area contributed by atoms with Crippen molar-refractivity contribution in [2.45, 2.75) is 6.18 Å². The summed E-state index contributed by atoms with van der Waals surface area (Å²) in [5.74, 6) is 0. The summed E-state index contributed by atoms with van der Waals surface area (Å²) in [5, 5.41) is 10.7. The molecule has 2 aromatic rings. The summed E-state index contributed by atoms with van der Waals surface area (Å²) in [4.78, 5) is 9.99. The van der Waals surface area contributed by atoms with E-state index in [9.17, 15) is 23.3 Å². The lowest BCUT2D eigenvalue weighted by molar-refractivity contribution is -0.384. The van der Waals surface area contributed by atoms with Crippen LogP contribution in [0.2, 0.25) is 10.0 Å². The summed E-state index contributed by atoms with van der Waals surface area (Å²) >= 11 is 11.7. The van der Waals surface area contributed by atoms with Gasteiger partial charge in [0.25, 0.3) is 5.69 Å². The topological polar surface area (TPSA) is 43.1 Å². The first-order valence-electron chi connectivity index (χ1n) is 5.52. The molecule has 0 radical (unpaired) electrons. The Morgan fingerprint density at radius 2 is 1.71 bits per heavy atom. The fourth-order valence-electron chi connectivity index (χ4n) is 1.83. The van der Waals surface area contributed by atoms with Crippen LogP contribution in [0, 0.1) is 10.1 Å². The average molecular weight is 336 g/mol. The van der Waals surface area contributed by atoms with Crippen LogP contribution in [-0.2, 0) is 6.18 Å². The SMILES string of the molecule is O=[N+]([O-])c1ccc(C(F)(F)F)c(-c2cccc(Cl)c2Cl)c1. The molecule has 0 spiro atoms. The quantitative estimate of drug-likeness (QED) is 0.530. The van der Waals surface area contributed by atoms with Crippen LogP contribution in [0.25, 0.3) is 11.1 Å². The minimum absolute atomic E-state index is 0.0137. The van der Waals surface area contributed by atoms with Crippen LogP contribution in [-0.4, -0.2) is 4.92 Å². The lowest BCUT2D eigenvalue weighted by Crippen LogP contribution is -2.07. The molecule has 0 aliphatic heterocycles. The second-order valence-corrected chi connectivity index (χ2v) is 4.87. The van der Waals surface area contributed by atoms with E-state index in [-0.39, 0.29) is 21.2 Å². The van der Waals surface area contributed by atoms with E-state index < -0.39 is 22.4 Å². The molecule has 0 bridgehead atoms. The minimum atomic E-state index is -4.67. The number of hydrogen-bond donors (Lipinski definition) is 0. The number of halogens is 5. The van der Waals surface area contributed by atoms with Crippen molar-refractivity contribution in [3.05, 3.63) is 62.1 Å². The van der Waals surface area contributed by atoms with Gasteiger partial charge in [0.05, 0.1) is 20.5 Å². The van der Waals surface area contributed by atoms with Crippen molar-refractivity contribution in [2.24, 2.45) is 0 Å². The fraction of sp³-hybridized carbons (Fsp3) is 0.0769. The number of hydrogen-bond acceptors (Lipinski definition) is 2. The van der Waals surface area contributed by atoms with Gasteiger partial charge in [-0.25, -0.2) is 0 Å². The van der Waals surface area contributed by atoms with Crippen LogP contribution < -0.4 is 0 Å². The van der Waals surface area contributed by atoms with E-state index in [0.29, 0.717) is 6.07 Å². The normalized spacial score (nSPS) is 11.5. The Hall–Kier alpha value is -1.79. The molecule has 8 heteroatoms. The maximum Gasteiger partial charge on any atom is 0.417 e. The third kappa shape index (κ3) is 3.11. The number of alkyl halides is 3. The van der Waals surface area contributed by atoms with Gasteiger partial charge < -0.3 is 0 Å². The molecule has 0 aliphatic carbocycles. The molecule has 0 fully saturated rings. The molecule has 2 rings (SSSR count). The molecular formula is C13H6Cl2F3NO2. The van der Waals surface area contributed by atoms with E-state index in [2.05, 4.69) is 0 Å². The Balaban J connectivity index is 2.78. The highest BCUT2D eigenvalue weighted by Crippen LogP contribution is 2.42. The zero-order valence-electron chi connectivity index (χ0n) is 10.1. The molecule has 0 saturated carbocycles. The molecule has 0 atom stereocenters. The third-order valence-corrected chi connectivity index (χ3v) is 3.58. The predicted octanol–water partition coefficient (Wildman–Crippen LogP) is 5.59. The van der Waals surface area contributed by atoms with Gasteiger partial charge in [-0.15, -0.1) is 0 Å². The summed E-state index contributed by atoms with van der Waals surface area (Å²) in [5.41, 5.74) is -1.88. The van der Waals surface area contributed by atoms with Gasteiger partial charge in [0.1, 0.15) is 0 Å². The van der Waals surface area contributed by atoms with Crippen LogP contribution in [0.5, 0.6) is 0 Å². The largest absolute Gasteiger partial charge is 0.417 e. The molecule has 110 valence electrons. The number of nitrogens with zero attached hydrogens (tertiary/aromatic N) is 1. The van der Waals surface area contributed by atoms with E-state index in [1.165, 1.54) is 18.2 Å². The lowest BCUT2D eigenvalue weighted by Gasteiger charge is -2.14. The number of rotatable bonds is 2. The van der Waals surface area contributed by atoms with Crippen molar-refractivity contribution in [1.82, 2.24) is 0 Å². The smallest absolute Gasteiger partial charge is 0.258 e. The third-order valence-electron chi connectivity index (χ3n) is 2.76. The minimum Gasteiger partial charge on any atom is -0.258 e. The highest BCUT2D eigenvalue weighted by atomic mass is 35.5. The Bertz CT molecular complexity index is 717. The fourth-order valence-corrected chi connectivity index (χ4v) is 2.23. The Morgan fingerprint density at radius 1 is 1.05 bits per heavy atom. The molecule has 0 aromatic heterocycles. The van der Waals surface area contributed by atoms with Crippen molar-refractivity contribution < 1.29 is 18.1 Å². The summed E-state index contributed by atoms with van der Waals surface area (Å²) in [6, 6.07) is 6.44. The highest BCUT2D eigenvalue weighted by Gasteiger charge is 2.35. The van der Waals surface area contributed by atoms with E-state index in [0.717, 1.165) is 12.1 Å². The second-order valence-electron chi connectivity index (χ2n) is 4.09. The van der Waals surface area contributed by atoms with Crippen molar-refractivity contribution in [2.75, 3.05) is 0 Å². The van der Waals surface area contributed by atoms with E-state index >= 15 is 0 Å². The Labute approximate surface area is 127 Å². The molecule has 0 aliphatic rings. The highest BCUT2D eigenvalue weighted by molar-refractivity contribution is 6.43. The van der Waals surface area contributed by atoms with Crippen LogP contribution in [0.4, 0.5) is 18.9 Å².